The zero-order valence-electron chi connectivity index (χ0n) is 11.6. The van der Waals surface area contributed by atoms with Crippen LogP contribution in [0.2, 0.25) is 0 Å². The molecular formula is C14H14N6. The fraction of sp³-hybridized carbons (Fsp3) is 0.214. The Hall–Kier alpha value is -2.63. The maximum atomic E-state index is 4.51. The second-order valence-electron chi connectivity index (χ2n) is 4.60. The normalized spacial score (nSPS) is 10.8. The molecule has 0 unspecified atom stereocenters. The van der Waals surface area contributed by atoms with Crippen LogP contribution in [-0.2, 0) is 0 Å². The molecule has 0 radical (unpaired) electrons. The van der Waals surface area contributed by atoms with E-state index in [-0.39, 0.29) is 0 Å². The van der Waals surface area contributed by atoms with Gasteiger partial charge in [-0.05, 0) is 32.9 Å². The summed E-state index contributed by atoms with van der Waals surface area (Å²) >= 11 is 0. The van der Waals surface area contributed by atoms with Crippen molar-refractivity contribution >= 4 is 0 Å². The Morgan fingerprint density at radius 3 is 2.25 bits per heavy atom. The molecule has 3 aromatic rings. The van der Waals surface area contributed by atoms with Crippen molar-refractivity contribution in [3.05, 3.63) is 47.7 Å². The van der Waals surface area contributed by atoms with E-state index in [1.54, 1.807) is 23.1 Å². The first-order valence-corrected chi connectivity index (χ1v) is 6.30. The van der Waals surface area contributed by atoms with Crippen LogP contribution >= 0.6 is 0 Å². The van der Waals surface area contributed by atoms with Crippen LogP contribution in [0.3, 0.4) is 0 Å². The van der Waals surface area contributed by atoms with Gasteiger partial charge >= 0.3 is 0 Å². The first kappa shape index (κ1) is 12.4. The van der Waals surface area contributed by atoms with Gasteiger partial charge in [-0.1, -0.05) is 0 Å². The summed E-state index contributed by atoms with van der Waals surface area (Å²) in [4.78, 5) is 17.3. The second-order valence-corrected chi connectivity index (χ2v) is 4.60. The van der Waals surface area contributed by atoms with Crippen LogP contribution in [0.1, 0.15) is 17.1 Å². The topological polar surface area (TPSA) is 69.4 Å². The maximum absolute atomic E-state index is 4.51. The Morgan fingerprint density at radius 2 is 1.60 bits per heavy atom. The van der Waals surface area contributed by atoms with E-state index in [9.17, 15) is 0 Å². The molecule has 0 aliphatic heterocycles. The molecule has 0 aliphatic carbocycles. The third kappa shape index (κ3) is 2.27. The summed E-state index contributed by atoms with van der Waals surface area (Å²) < 4.78 is 1.80. The standard InChI is InChI=1S/C14H14N6/c1-9-8-12(20-11(3)7-10(2)19-20)18-14(17-9)13-15-5-4-6-16-13/h4-8H,1-3H3. The molecule has 0 fully saturated rings. The zero-order chi connectivity index (χ0) is 14.1. The first-order chi connectivity index (χ1) is 9.63. The van der Waals surface area contributed by atoms with E-state index >= 15 is 0 Å². The Labute approximate surface area is 116 Å². The van der Waals surface area contributed by atoms with Gasteiger partial charge in [0.25, 0.3) is 0 Å². The van der Waals surface area contributed by atoms with Crippen molar-refractivity contribution < 1.29 is 0 Å². The fourth-order valence-electron chi connectivity index (χ4n) is 2.04. The van der Waals surface area contributed by atoms with E-state index in [2.05, 4.69) is 25.0 Å². The van der Waals surface area contributed by atoms with Crippen molar-refractivity contribution in [1.29, 1.82) is 0 Å². The fourth-order valence-corrected chi connectivity index (χ4v) is 2.04. The van der Waals surface area contributed by atoms with Gasteiger partial charge in [0.15, 0.2) is 17.5 Å². The average molecular weight is 266 g/mol. The Bertz CT molecular complexity index is 748. The first-order valence-electron chi connectivity index (χ1n) is 6.30. The molecule has 0 atom stereocenters. The summed E-state index contributed by atoms with van der Waals surface area (Å²) in [5, 5.41) is 4.44. The van der Waals surface area contributed by atoms with E-state index in [4.69, 9.17) is 0 Å². The molecule has 20 heavy (non-hydrogen) atoms. The molecule has 0 aliphatic rings. The molecule has 0 amide bonds. The van der Waals surface area contributed by atoms with Crippen molar-refractivity contribution in [1.82, 2.24) is 29.7 Å². The lowest BCUT2D eigenvalue weighted by atomic mass is 10.3. The summed E-state index contributed by atoms with van der Waals surface area (Å²) in [7, 11) is 0. The molecule has 3 heterocycles. The number of rotatable bonds is 2. The molecule has 100 valence electrons. The highest BCUT2D eigenvalue weighted by atomic mass is 15.3. The highest BCUT2D eigenvalue weighted by molar-refractivity contribution is 5.45. The molecular weight excluding hydrogens is 252 g/mol. The molecule has 0 spiro atoms. The minimum absolute atomic E-state index is 0.508. The van der Waals surface area contributed by atoms with E-state index in [0.717, 1.165) is 22.9 Å². The van der Waals surface area contributed by atoms with Gasteiger partial charge < -0.3 is 0 Å². The van der Waals surface area contributed by atoms with Crippen LogP contribution in [0, 0.1) is 20.8 Å². The van der Waals surface area contributed by atoms with Crippen LogP contribution in [0.4, 0.5) is 0 Å². The third-order valence-corrected chi connectivity index (χ3v) is 2.83. The van der Waals surface area contributed by atoms with Gasteiger partial charge in [0.2, 0.25) is 0 Å². The molecule has 0 bridgehead atoms. The van der Waals surface area contributed by atoms with Crippen molar-refractivity contribution in [3.8, 4) is 17.5 Å². The van der Waals surface area contributed by atoms with Gasteiger partial charge in [0, 0.05) is 29.8 Å². The van der Waals surface area contributed by atoms with Gasteiger partial charge in [-0.15, -0.1) is 0 Å². The lowest BCUT2D eigenvalue weighted by molar-refractivity contribution is 0.797. The molecule has 6 nitrogen and oxygen atoms in total. The molecule has 3 aromatic heterocycles. The van der Waals surface area contributed by atoms with Crippen molar-refractivity contribution in [2.75, 3.05) is 0 Å². The van der Waals surface area contributed by atoms with Crippen LogP contribution in [0.15, 0.2) is 30.6 Å². The summed E-state index contributed by atoms with van der Waals surface area (Å²) in [5.74, 6) is 1.75. The Morgan fingerprint density at radius 1 is 0.850 bits per heavy atom. The molecule has 3 rings (SSSR count). The third-order valence-electron chi connectivity index (χ3n) is 2.83. The quantitative estimate of drug-likeness (QED) is 0.710. The van der Waals surface area contributed by atoms with Crippen molar-refractivity contribution in [2.24, 2.45) is 0 Å². The van der Waals surface area contributed by atoms with Crippen molar-refractivity contribution in [3.63, 3.8) is 0 Å². The molecule has 6 heteroatoms. The largest absolute Gasteiger partial charge is 0.234 e. The SMILES string of the molecule is Cc1cc(-n2nc(C)cc2C)nc(-c2ncccn2)n1. The summed E-state index contributed by atoms with van der Waals surface area (Å²) in [6, 6.07) is 5.67. The summed E-state index contributed by atoms with van der Waals surface area (Å²) in [5.41, 5.74) is 2.84. The van der Waals surface area contributed by atoms with Gasteiger partial charge in [-0.2, -0.15) is 5.10 Å². The predicted molar refractivity (Wildman–Crippen MR) is 74.4 cm³/mol. The van der Waals surface area contributed by atoms with E-state index in [1.165, 1.54) is 0 Å². The lowest BCUT2D eigenvalue weighted by Gasteiger charge is -2.06. The molecule has 0 saturated carbocycles. The number of aromatic nitrogens is 6. The van der Waals surface area contributed by atoms with Crippen LogP contribution in [0.25, 0.3) is 17.5 Å². The maximum Gasteiger partial charge on any atom is 0.199 e. The van der Waals surface area contributed by atoms with Crippen LogP contribution < -0.4 is 0 Å². The second kappa shape index (κ2) is 4.80. The molecule has 0 saturated heterocycles. The smallest absolute Gasteiger partial charge is 0.199 e. The molecule has 0 aromatic carbocycles. The summed E-state index contributed by atoms with van der Waals surface area (Å²) in [6.45, 7) is 5.87. The number of nitrogens with zero attached hydrogens (tertiary/aromatic N) is 6. The van der Waals surface area contributed by atoms with E-state index in [0.29, 0.717) is 11.6 Å². The van der Waals surface area contributed by atoms with Gasteiger partial charge in [-0.3, -0.25) is 0 Å². The lowest BCUT2D eigenvalue weighted by Crippen LogP contribution is -2.06. The van der Waals surface area contributed by atoms with E-state index in [1.807, 2.05) is 32.9 Å². The number of aryl methyl sites for hydroxylation is 3. The number of hydrogen-bond acceptors (Lipinski definition) is 5. The van der Waals surface area contributed by atoms with Crippen molar-refractivity contribution in [2.45, 2.75) is 20.8 Å². The Kier molecular flexibility index (Phi) is 2.98. The van der Waals surface area contributed by atoms with E-state index < -0.39 is 0 Å². The van der Waals surface area contributed by atoms with Crippen LogP contribution in [0.5, 0.6) is 0 Å². The Balaban J connectivity index is 2.14. The zero-order valence-corrected chi connectivity index (χ0v) is 11.6. The summed E-state index contributed by atoms with van der Waals surface area (Å²) in [6.07, 6.45) is 3.36. The highest BCUT2D eigenvalue weighted by Gasteiger charge is 2.11. The van der Waals surface area contributed by atoms with Gasteiger partial charge in [0.05, 0.1) is 5.69 Å². The monoisotopic (exact) mass is 266 g/mol. The number of hydrogen-bond donors (Lipinski definition) is 0. The highest BCUT2D eigenvalue weighted by Crippen LogP contribution is 2.15. The molecule has 0 N–H and O–H groups in total. The average Bonchev–Trinajstić information content (AvgIpc) is 2.78. The van der Waals surface area contributed by atoms with Gasteiger partial charge in [0.1, 0.15) is 0 Å². The van der Waals surface area contributed by atoms with Crippen LogP contribution in [-0.4, -0.2) is 29.7 Å². The predicted octanol–water partition coefficient (Wildman–Crippen LogP) is 2.04. The minimum Gasteiger partial charge on any atom is -0.234 e. The van der Waals surface area contributed by atoms with Gasteiger partial charge in [-0.25, -0.2) is 24.6 Å². The minimum atomic E-state index is 0.508.